The Bertz CT molecular complexity index is 318. The van der Waals surface area contributed by atoms with Crippen LogP contribution in [0.15, 0.2) is 12.3 Å². The van der Waals surface area contributed by atoms with Gasteiger partial charge in [0.2, 0.25) is 0 Å². The molecule has 3 N–H and O–H groups in total. The van der Waals surface area contributed by atoms with Gasteiger partial charge in [-0.1, -0.05) is 11.6 Å². The van der Waals surface area contributed by atoms with Gasteiger partial charge in [0.15, 0.2) is 0 Å². The molecule has 0 spiro atoms. The van der Waals surface area contributed by atoms with E-state index in [4.69, 9.17) is 22.1 Å². The number of nitrogen functional groups attached to an aromatic ring is 1. The number of halogens is 1. The molecule has 84 valence electrons. The molecular formula is C10H16ClN3O. The molecule has 0 bridgehead atoms. The number of hydrogen-bond acceptors (Lipinski definition) is 4. The molecule has 1 aromatic rings. The zero-order valence-electron chi connectivity index (χ0n) is 8.96. The number of nitrogens with two attached hydrogens (primary N) is 1. The van der Waals surface area contributed by atoms with Gasteiger partial charge in [0.1, 0.15) is 5.82 Å². The van der Waals surface area contributed by atoms with E-state index in [1.807, 2.05) is 13.8 Å². The minimum atomic E-state index is 0.238. The molecule has 0 aromatic carbocycles. The molecule has 4 nitrogen and oxygen atoms in total. The Labute approximate surface area is 94.8 Å². The van der Waals surface area contributed by atoms with Crippen molar-refractivity contribution in [2.45, 2.75) is 20.0 Å². The molecule has 15 heavy (non-hydrogen) atoms. The molecule has 0 radical (unpaired) electrons. The van der Waals surface area contributed by atoms with E-state index in [1.54, 1.807) is 12.3 Å². The molecule has 0 atom stereocenters. The molecule has 0 aliphatic heterocycles. The monoisotopic (exact) mass is 229 g/mol. The first-order valence-corrected chi connectivity index (χ1v) is 5.24. The minimum absolute atomic E-state index is 0.238. The van der Waals surface area contributed by atoms with Gasteiger partial charge >= 0.3 is 0 Å². The second-order valence-corrected chi connectivity index (χ2v) is 3.85. The molecular weight excluding hydrogens is 214 g/mol. The van der Waals surface area contributed by atoms with Gasteiger partial charge in [0.05, 0.1) is 29.6 Å². The first kappa shape index (κ1) is 12.1. The molecule has 1 aromatic heterocycles. The number of ether oxygens (including phenoxy) is 1. The highest BCUT2D eigenvalue weighted by atomic mass is 35.5. The summed E-state index contributed by atoms with van der Waals surface area (Å²) in [5.74, 6) is 0.637. The standard InChI is InChI=1S/C10H16ClN3O/c1-7(2)15-4-3-13-10-9(11)5-8(12)6-14-10/h5-7H,3-4,12H2,1-2H3,(H,13,14). The molecule has 0 fully saturated rings. The van der Waals surface area contributed by atoms with Crippen molar-refractivity contribution in [2.24, 2.45) is 0 Å². The third-order valence-electron chi connectivity index (χ3n) is 1.71. The average Bonchev–Trinajstić information content (AvgIpc) is 2.14. The van der Waals surface area contributed by atoms with Gasteiger partial charge < -0.3 is 15.8 Å². The van der Waals surface area contributed by atoms with Gasteiger partial charge in [-0.15, -0.1) is 0 Å². The summed E-state index contributed by atoms with van der Waals surface area (Å²) in [6.07, 6.45) is 1.80. The van der Waals surface area contributed by atoms with E-state index in [9.17, 15) is 0 Å². The second kappa shape index (κ2) is 5.78. The van der Waals surface area contributed by atoms with Crippen LogP contribution in [0, 0.1) is 0 Å². The lowest BCUT2D eigenvalue weighted by Gasteiger charge is -2.10. The summed E-state index contributed by atoms with van der Waals surface area (Å²) in [4.78, 5) is 4.07. The summed E-state index contributed by atoms with van der Waals surface area (Å²) in [5.41, 5.74) is 6.08. The smallest absolute Gasteiger partial charge is 0.144 e. The number of pyridine rings is 1. The molecule has 0 saturated heterocycles. The predicted molar refractivity (Wildman–Crippen MR) is 63.2 cm³/mol. The third-order valence-corrected chi connectivity index (χ3v) is 2.00. The Kier molecular flexibility index (Phi) is 4.65. The topological polar surface area (TPSA) is 60.2 Å². The van der Waals surface area contributed by atoms with Crippen molar-refractivity contribution in [3.8, 4) is 0 Å². The van der Waals surface area contributed by atoms with Crippen LogP contribution < -0.4 is 11.1 Å². The van der Waals surface area contributed by atoms with E-state index in [-0.39, 0.29) is 6.10 Å². The third kappa shape index (κ3) is 4.36. The summed E-state index contributed by atoms with van der Waals surface area (Å²) >= 11 is 5.93. The highest BCUT2D eigenvalue weighted by Crippen LogP contribution is 2.20. The van der Waals surface area contributed by atoms with Crippen LogP contribution in [0.1, 0.15) is 13.8 Å². The van der Waals surface area contributed by atoms with Crippen LogP contribution in [-0.4, -0.2) is 24.2 Å². The summed E-state index contributed by atoms with van der Waals surface area (Å²) in [7, 11) is 0. The lowest BCUT2D eigenvalue weighted by Crippen LogP contribution is -2.14. The van der Waals surface area contributed by atoms with Gasteiger partial charge in [0.25, 0.3) is 0 Å². The van der Waals surface area contributed by atoms with Crippen LogP contribution in [0.5, 0.6) is 0 Å². The normalized spacial score (nSPS) is 10.7. The SMILES string of the molecule is CC(C)OCCNc1ncc(N)cc1Cl. The van der Waals surface area contributed by atoms with E-state index >= 15 is 0 Å². The lowest BCUT2D eigenvalue weighted by molar-refractivity contribution is 0.0870. The molecule has 0 unspecified atom stereocenters. The Balaban J connectivity index is 2.37. The van der Waals surface area contributed by atoms with Crippen molar-refractivity contribution in [1.29, 1.82) is 0 Å². The van der Waals surface area contributed by atoms with E-state index in [0.717, 1.165) is 0 Å². The maximum atomic E-state index is 5.93. The number of anilines is 2. The van der Waals surface area contributed by atoms with Crippen LogP contribution in [0.4, 0.5) is 11.5 Å². The molecule has 5 heteroatoms. The zero-order valence-corrected chi connectivity index (χ0v) is 9.71. The quantitative estimate of drug-likeness (QED) is 0.760. The summed E-state index contributed by atoms with van der Waals surface area (Å²) < 4.78 is 5.37. The van der Waals surface area contributed by atoms with Crippen LogP contribution in [0.3, 0.4) is 0 Å². The molecule has 0 saturated carbocycles. The Morgan fingerprint density at radius 3 is 2.93 bits per heavy atom. The first-order chi connectivity index (χ1) is 7.09. The van der Waals surface area contributed by atoms with E-state index in [2.05, 4.69) is 10.3 Å². The van der Waals surface area contributed by atoms with Gasteiger partial charge in [-0.2, -0.15) is 0 Å². The van der Waals surface area contributed by atoms with Crippen molar-refractivity contribution >= 4 is 23.1 Å². The number of hydrogen-bond donors (Lipinski definition) is 2. The van der Waals surface area contributed by atoms with Crippen LogP contribution in [0.2, 0.25) is 5.02 Å². The molecule has 0 aliphatic rings. The van der Waals surface area contributed by atoms with Crippen molar-refractivity contribution in [2.75, 3.05) is 24.2 Å². The minimum Gasteiger partial charge on any atom is -0.397 e. The van der Waals surface area contributed by atoms with E-state index in [1.165, 1.54) is 0 Å². The number of nitrogens with zero attached hydrogens (tertiary/aromatic N) is 1. The fourth-order valence-electron chi connectivity index (χ4n) is 1.05. The summed E-state index contributed by atoms with van der Waals surface area (Å²) in [5, 5.41) is 3.60. The van der Waals surface area contributed by atoms with Gasteiger partial charge in [-0.3, -0.25) is 0 Å². The summed E-state index contributed by atoms with van der Waals surface area (Å²) in [6.45, 7) is 5.29. The number of nitrogens with one attached hydrogen (secondary N) is 1. The van der Waals surface area contributed by atoms with Crippen molar-refractivity contribution in [3.05, 3.63) is 17.3 Å². The maximum absolute atomic E-state index is 5.93. The van der Waals surface area contributed by atoms with Crippen LogP contribution in [-0.2, 0) is 4.74 Å². The molecule has 0 aliphatic carbocycles. The predicted octanol–water partition coefficient (Wildman–Crippen LogP) is 2.15. The van der Waals surface area contributed by atoms with Gasteiger partial charge in [0, 0.05) is 6.54 Å². The molecule has 0 amide bonds. The summed E-state index contributed by atoms with van der Waals surface area (Å²) in [6, 6.07) is 1.67. The van der Waals surface area contributed by atoms with E-state index < -0.39 is 0 Å². The first-order valence-electron chi connectivity index (χ1n) is 4.86. The maximum Gasteiger partial charge on any atom is 0.144 e. The van der Waals surface area contributed by atoms with Crippen LogP contribution in [0.25, 0.3) is 0 Å². The fraction of sp³-hybridized carbons (Fsp3) is 0.500. The second-order valence-electron chi connectivity index (χ2n) is 3.45. The number of aromatic nitrogens is 1. The van der Waals surface area contributed by atoms with Gasteiger partial charge in [-0.05, 0) is 19.9 Å². The number of rotatable bonds is 5. The van der Waals surface area contributed by atoms with Crippen molar-refractivity contribution in [1.82, 2.24) is 4.98 Å². The largest absolute Gasteiger partial charge is 0.397 e. The Morgan fingerprint density at radius 1 is 1.60 bits per heavy atom. The van der Waals surface area contributed by atoms with Gasteiger partial charge in [-0.25, -0.2) is 4.98 Å². The Morgan fingerprint density at radius 2 is 2.33 bits per heavy atom. The van der Waals surface area contributed by atoms with Crippen LogP contribution >= 0.6 is 11.6 Å². The highest BCUT2D eigenvalue weighted by Gasteiger charge is 2.01. The van der Waals surface area contributed by atoms with Crippen molar-refractivity contribution < 1.29 is 4.74 Å². The molecule has 1 rings (SSSR count). The lowest BCUT2D eigenvalue weighted by atomic mass is 10.4. The average molecular weight is 230 g/mol. The Hall–Kier alpha value is -1.00. The van der Waals surface area contributed by atoms with Crippen molar-refractivity contribution in [3.63, 3.8) is 0 Å². The van der Waals surface area contributed by atoms with E-state index in [0.29, 0.717) is 29.7 Å². The fourth-order valence-corrected chi connectivity index (χ4v) is 1.29. The highest BCUT2D eigenvalue weighted by molar-refractivity contribution is 6.33. The zero-order chi connectivity index (χ0) is 11.3. The molecule has 1 heterocycles.